The average molecular weight is 494 g/mol. The summed E-state index contributed by atoms with van der Waals surface area (Å²) in [5.41, 5.74) is 2.10. The van der Waals surface area contributed by atoms with Crippen molar-refractivity contribution in [1.82, 2.24) is 30.0 Å². The number of benzene rings is 1. The van der Waals surface area contributed by atoms with E-state index in [0.717, 1.165) is 44.0 Å². The first kappa shape index (κ1) is 24.4. The fraction of sp³-hybridized carbons (Fsp3) is 0.538. The van der Waals surface area contributed by atoms with Gasteiger partial charge in [-0.3, -0.25) is 10.00 Å². The summed E-state index contributed by atoms with van der Waals surface area (Å²) in [5.74, 6) is 2.61. The van der Waals surface area contributed by atoms with Crippen LogP contribution in [0.4, 0.5) is 28.1 Å². The lowest BCUT2D eigenvalue weighted by molar-refractivity contribution is 0.251. The number of anilines is 4. The third kappa shape index (κ3) is 6.29. The molecule has 9 nitrogen and oxygen atoms in total. The van der Waals surface area contributed by atoms with Gasteiger partial charge in [0.2, 0.25) is 17.8 Å². The van der Waals surface area contributed by atoms with Gasteiger partial charge in [0.1, 0.15) is 5.82 Å². The van der Waals surface area contributed by atoms with Gasteiger partial charge in [-0.25, -0.2) is 4.39 Å². The number of rotatable bonds is 11. The van der Waals surface area contributed by atoms with Crippen LogP contribution in [0.15, 0.2) is 30.3 Å². The van der Waals surface area contributed by atoms with Crippen LogP contribution in [0.5, 0.6) is 0 Å². The summed E-state index contributed by atoms with van der Waals surface area (Å²) in [4.78, 5) is 18.9. The molecular formula is C26H36FN9. The first-order valence-corrected chi connectivity index (χ1v) is 13.1. The van der Waals surface area contributed by atoms with Crippen molar-refractivity contribution in [3.05, 3.63) is 47.4 Å². The van der Waals surface area contributed by atoms with Gasteiger partial charge >= 0.3 is 0 Å². The maximum Gasteiger partial charge on any atom is 0.235 e. The minimum Gasteiger partial charge on any atom is -0.348 e. The fourth-order valence-corrected chi connectivity index (χ4v) is 4.53. The topological polar surface area (TPSA) is 97.9 Å². The van der Waals surface area contributed by atoms with E-state index in [1.807, 2.05) is 13.0 Å². The van der Waals surface area contributed by atoms with E-state index in [0.29, 0.717) is 29.6 Å². The Hall–Kier alpha value is -3.27. The zero-order chi connectivity index (χ0) is 24.9. The molecule has 3 aromatic rings. The number of H-pyrrole nitrogens is 1. The van der Waals surface area contributed by atoms with Crippen LogP contribution < -0.4 is 15.5 Å². The summed E-state index contributed by atoms with van der Waals surface area (Å²) < 4.78 is 13.4. The number of aromatic amines is 1. The minimum atomic E-state index is -0.252. The average Bonchev–Trinajstić information content (AvgIpc) is 3.63. The van der Waals surface area contributed by atoms with E-state index in [1.54, 1.807) is 12.1 Å². The first-order valence-electron chi connectivity index (χ1n) is 13.1. The maximum atomic E-state index is 13.4. The molecule has 0 bridgehead atoms. The van der Waals surface area contributed by atoms with Crippen LogP contribution >= 0.6 is 0 Å². The van der Waals surface area contributed by atoms with Gasteiger partial charge in [-0.2, -0.15) is 20.1 Å². The quantitative estimate of drug-likeness (QED) is 0.327. The largest absolute Gasteiger partial charge is 0.348 e. The van der Waals surface area contributed by atoms with Crippen LogP contribution in [0.2, 0.25) is 0 Å². The Kier molecular flexibility index (Phi) is 7.60. The second kappa shape index (κ2) is 11.2. The SMILES string of the molecule is CCCCCN1CCN(c2nc(Nc3cc(C4CC4)[nH]n3)nc(NC(C)c3ccc(F)cc3)n2)CC1. The van der Waals surface area contributed by atoms with Crippen molar-refractivity contribution in [1.29, 1.82) is 0 Å². The Labute approximate surface area is 211 Å². The lowest BCUT2D eigenvalue weighted by Gasteiger charge is -2.34. The Bertz CT molecular complexity index is 1120. The predicted molar refractivity (Wildman–Crippen MR) is 140 cm³/mol. The molecule has 1 aliphatic carbocycles. The predicted octanol–water partition coefficient (Wildman–Crippen LogP) is 4.84. The number of hydrogen-bond acceptors (Lipinski definition) is 8. The van der Waals surface area contributed by atoms with Crippen molar-refractivity contribution in [3.63, 3.8) is 0 Å². The molecular weight excluding hydrogens is 457 g/mol. The molecule has 36 heavy (non-hydrogen) atoms. The number of piperazine rings is 1. The standard InChI is InChI=1S/C26H36FN9/c1-3-4-5-12-35-13-15-36(16-14-35)26-31-24(28-18(2)19-8-10-21(27)11-9-19)30-25(32-26)29-23-17-22(33-34-23)20-6-7-20/h8-11,17-18,20H,3-7,12-16H2,1-2H3,(H3,28,29,30,31,32,33,34). The van der Waals surface area contributed by atoms with E-state index in [9.17, 15) is 4.39 Å². The van der Waals surface area contributed by atoms with Gasteiger partial charge in [0, 0.05) is 43.9 Å². The minimum absolute atomic E-state index is 0.101. The van der Waals surface area contributed by atoms with Gasteiger partial charge in [-0.1, -0.05) is 31.9 Å². The van der Waals surface area contributed by atoms with Gasteiger partial charge in [-0.15, -0.1) is 0 Å². The Balaban J connectivity index is 1.32. The third-order valence-corrected chi connectivity index (χ3v) is 6.93. The van der Waals surface area contributed by atoms with Crippen molar-refractivity contribution in [3.8, 4) is 0 Å². The molecule has 1 aliphatic heterocycles. The van der Waals surface area contributed by atoms with Crippen LogP contribution in [0, 0.1) is 5.82 Å². The molecule has 192 valence electrons. The molecule has 5 rings (SSSR count). The normalized spacial score (nSPS) is 17.2. The van der Waals surface area contributed by atoms with E-state index in [1.165, 1.54) is 44.2 Å². The number of hydrogen-bond donors (Lipinski definition) is 3. The van der Waals surface area contributed by atoms with E-state index >= 15 is 0 Å². The highest BCUT2D eigenvalue weighted by Crippen LogP contribution is 2.39. The van der Waals surface area contributed by atoms with Crippen LogP contribution in [-0.4, -0.2) is 62.8 Å². The van der Waals surface area contributed by atoms with Crippen LogP contribution in [0.25, 0.3) is 0 Å². The van der Waals surface area contributed by atoms with Gasteiger partial charge in [0.15, 0.2) is 5.82 Å². The summed E-state index contributed by atoms with van der Waals surface area (Å²) in [6.45, 7) is 9.13. The van der Waals surface area contributed by atoms with Gasteiger partial charge in [-0.05, 0) is 50.4 Å². The fourth-order valence-electron chi connectivity index (χ4n) is 4.53. The second-order valence-electron chi connectivity index (χ2n) is 9.84. The first-order chi connectivity index (χ1) is 17.6. The zero-order valence-electron chi connectivity index (χ0n) is 21.2. The molecule has 3 heterocycles. The lowest BCUT2D eigenvalue weighted by Crippen LogP contribution is -2.47. The third-order valence-electron chi connectivity index (χ3n) is 6.93. The van der Waals surface area contributed by atoms with Crippen molar-refractivity contribution in [2.75, 3.05) is 48.3 Å². The molecule has 0 spiro atoms. The molecule has 1 aromatic carbocycles. The Morgan fingerprint density at radius 1 is 1.03 bits per heavy atom. The van der Waals surface area contributed by atoms with Crippen LogP contribution in [0.3, 0.4) is 0 Å². The zero-order valence-corrected chi connectivity index (χ0v) is 21.2. The molecule has 1 saturated carbocycles. The molecule has 2 aliphatic rings. The van der Waals surface area contributed by atoms with Crippen molar-refractivity contribution in [2.45, 2.75) is 57.9 Å². The van der Waals surface area contributed by atoms with E-state index in [4.69, 9.17) is 9.97 Å². The molecule has 3 N–H and O–H groups in total. The van der Waals surface area contributed by atoms with Gasteiger partial charge in [0.25, 0.3) is 0 Å². The molecule has 0 radical (unpaired) electrons. The second-order valence-corrected chi connectivity index (χ2v) is 9.84. The smallest absolute Gasteiger partial charge is 0.235 e. The van der Waals surface area contributed by atoms with Crippen molar-refractivity contribution < 1.29 is 4.39 Å². The molecule has 1 atom stereocenters. The van der Waals surface area contributed by atoms with E-state index in [2.05, 4.69) is 42.5 Å². The van der Waals surface area contributed by atoms with Crippen LogP contribution in [0.1, 0.15) is 69.2 Å². The number of unbranched alkanes of at least 4 members (excludes halogenated alkanes) is 2. The van der Waals surface area contributed by atoms with Crippen molar-refractivity contribution >= 4 is 23.7 Å². The number of nitrogens with one attached hydrogen (secondary N) is 3. The van der Waals surface area contributed by atoms with Crippen LogP contribution in [-0.2, 0) is 0 Å². The summed E-state index contributed by atoms with van der Waals surface area (Å²) in [6.07, 6.45) is 6.18. The number of halogens is 1. The summed E-state index contributed by atoms with van der Waals surface area (Å²) in [7, 11) is 0. The highest BCUT2D eigenvalue weighted by Gasteiger charge is 2.26. The molecule has 10 heteroatoms. The van der Waals surface area contributed by atoms with Gasteiger partial charge in [0.05, 0.1) is 6.04 Å². The van der Waals surface area contributed by atoms with E-state index < -0.39 is 0 Å². The summed E-state index contributed by atoms with van der Waals surface area (Å²) in [6, 6.07) is 8.41. The van der Waals surface area contributed by atoms with E-state index in [-0.39, 0.29) is 11.9 Å². The highest BCUT2D eigenvalue weighted by molar-refractivity contribution is 5.53. The molecule has 1 unspecified atom stereocenters. The lowest BCUT2D eigenvalue weighted by atomic mass is 10.1. The highest BCUT2D eigenvalue weighted by atomic mass is 19.1. The monoisotopic (exact) mass is 493 g/mol. The number of nitrogens with zero attached hydrogens (tertiary/aromatic N) is 6. The summed E-state index contributed by atoms with van der Waals surface area (Å²) >= 11 is 0. The van der Waals surface area contributed by atoms with Gasteiger partial charge < -0.3 is 15.5 Å². The maximum absolute atomic E-state index is 13.4. The molecule has 0 amide bonds. The Morgan fingerprint density at radius 2 is 1.78 bits per heavy atom. The Morgan fingerprint density at radius 3 is 2.50 bits per heavy atom. The number of aromatic nitrogens is 5. The molecule has 1 saturated heterocycles. The van der Waals surface area contributed by atoms with Crippen molar-refractivity contribution in [2.24, 2.45) is 0 Å². The summed E-state index contributed by atoms with van der Waals surface area (Å²) in [5, 5.41) is 14.1. The molecule has 2 aromatic heterocycles. The molecule has 2 fully saturated rings.